The van der Waals surface area contributed by atoms with Crippen LogP contribution in [0.2, 0.25) is 0 Å². The normalized spacial score (nSPS) is 23.6. The Balaban J connectivity index is 1.51. The van der Waals surface area contributed by atoms with E-state index in [2.05, 4.69) is 35.5 Å². The standard InChI is InChI=1S/C27H31N3O4/c1-17(31)34-23-11-10-18(16-24(23)33-3)25-20-7-4-6-19(20)21-8-5-9-22(26(21)28-25)27(32)30-14-12-29(2)13-15-30/h4-6,8-11,16,19-20,25,28H,7,12-15H2,1-3H3. The minimum Gasteiger partial charge on any atom is -0.493 e. The summed E-state index contributed by atoms with van der Waals surface area (Å²) in [5.74, 6) is 1.18. The van der Waals surface area contributed by atoms with Gasteiger partial charge in [0.25, 0.3) is 5.91 Å². The van der Waals surface area contributed by atoms with Crippen molar-refractivity contribution in [2.45, 2.75) is 25.3 Å². The highest BCUT2D eigenvalue weighted by Crippen LogP contribution is 2.51. The van der Waals surface area contributed by atoms with Gasteiger partial charge in [-0.25, -0.2) is 0 Å². The van der Waals surface area contributed by atoms with E-state index in [0.29, 0.717) is 17.4 Å². The first kappa shape index (κ1) is 22.5. The molecule has 3 aliphatic rings. The second-order valence-electron chi connectivity index (χ2n) is 9.34. The van der Waals surface area contributed by atoms with Crippen LogP contribution in [0.4, 0.5) is 5.69 Å². The molecule has 0 saturated carbocycles. The van der Waals surface area contributed by atoms with E-state index in [-0.39, 0.29) is 23.8 Å². The predicted octanol–water partition coefficient (Wildman–Crippen LogP) is 3.83. The lowest BCUT2D eigenvalue weighted by atomic mass is 9.76. The Morgan fingerprint density at radius 1 is 1.06 bits per heavy atom. The first-order valence-electron chi connectivity index (χ1n) is 11.9. The van der Waals surface area contributed by atoms with E-state index in [0.717, 1.165) is 49.4 Å². The second-order valence-corrected chi connectivity index (χ2v) is 9.34. The SMILES string of the molecule is COc1cc(C2Nc3c(C(=O)N4CCN(C)CC4)cccc3C3C=CCC32)ccc1OC(C)=O. The van der Waals surface area contributed by atoms with Crippen LogP contribution in [-0.4, -0.2) is 62.0 Å². The van der Waals surface area contributed by atoms with Crippen molar-refractivity contribution in [3.05, 3.63) is 65.2 Å². The number of para-hydroxylation sites is 1. The number of nitrogens with one attached hydrogen (secondary N) is 1. The molecule has 1 amide bonds. The summed E-state index contributed by atoms with van der Waals surface area (Å²) in [4.78, 5) is 29.2. The number of piperazine rings is 1. The molecule has 3 atom stereocenters. The van der Waals surface area contributed by atoms with Crippen molar-refractivity contribution in [1.29, 1.82) is 0 Å². The molecule has 0 bridgehead atoms. The van der Waals surface area contributed by atoms with Gasteiger partial charge in [-0.3, -0.25) is 9.59 Å². The molecule has 2 heterocycles. The molecule has 7 heteroatoms. The summed E-state index contributed by atoms with van der Waals surface area (Å²) >= 11 is 0. The van der Waals surface area contributed by atoms with E-state index in [1.807, 2.05) is 29.2 Å². The molecule has 1 fully saturated rings. The van der Waals surface area contributed by atoms with Gasteiger partial charge in [-0.2, -0.15) is 0 Å². The van der Waals surface area contributed by atoms with Gasteiger partial charge in [0.1, 0.15) is 0 Å². The number of esters is 1. The topological polar surface area (TPSA) is 71.1 Å². The number of ether oxygens (including phenoxy) is 2. The number of nitrogens with zero attached hydrogens (tertiary/aromatic N) is 2. The third kappa shape index (κ3) is 4.05. The molecule has 0 aromatic heterocycles. The molecule has 2 aromatic carbocycles. The maximum absolute atomic E-state index is 13.5. The number of carbonyl (C=O) groups is 2. The Hall–Kier alpha value is -3.32. The molecule has 1 aliphatic carbocycles. The fraction of sp³-hybridized carbons (Fsp3) is 0.407. The molecule has 7 nitrogen and oxygen atoms in total. The van der Waals surface area contributed by atoms with Crippen LogP contribution in [0.25, 0.3) is 0 Å². The number of likely N-dealkylation sites (N-methyl/N-ethyl adjacent to an activating group) is 1. The van der Waals surface area contributed by atoms with Gasteiger partial charge in [-0.15, -0.1) is 0 Å². The lowest BCUT2D eigenvalue weighted by Gasteiger charge is -2.39. The zero-order valence-electron chi connectivity index (χ0n) is 19.9. The fourth-order valence-corrected chi connectivity index (χ4v) is 5.43. The average Bonchev–Trinajstić information content (AvgIpc) is 3.33. The van der Waals surface area contributed by atoms with Crippen LogP contribution in [0, 0.1) is 5.92 Å². The summed E-state index contributed by atoms with van der Waals surface area (Å²) < 4.78 is 10.8. The van der Waals surface area contributed by atoms with Gasteiger partial charge < -0.3 is 24.6 Å². The fourth-order valence-electron chi connectivity index (χ4n) is 5.43. The van der Waals surface area contributed by atoms with Crippen molar-refractivity contribution in [3.8, 4) is 11.5 Å². The number of hydrogen-bond acceptors (Lipinski definition) is 6. The van der Waals surface area contributed by atoms with Crippen LogP contribution in [0.1, 0.15) is 46.8 Å². The number of allylic oxidation sites excluding steroid dienone is 2. The molecule has 2 aromatic rings. The Morgan fingerprint density at radius 3 is 2.59 bits per heavy atom. The van der Waals surface area contributed by atoms with Crippen LogP contribution in [0.5, 0.6) is 11.5 Å². The average molecular weight is 462 g/mol. The number of methoxy groups -OCH3 is 1. The first-order chi connectivity index (χ1) is 16.5. The molecule has 0 radical (unpaired) electrons. The minimum absolute atomic E-state index is 0.00535. The number of benzene rings is 2. The van der Waals surface area contributed by atoms with Crippen LogP contribution >= 0.6 is 0 Å². The first-order valence-corrected chi connectivity index (χ1v) is 11.9. The lowest BCUT2D eigenvalue weighted by molar-refractivity contribution is -0.132. The summed E-state index contributed by atoms with van der Waals surface area (Å²) in [6.07, 6.45) is 5.46. The molecular formula is C27H31N3O4. The monoisotopic (exact) mass is 461 g/mol. The van der Waals surface area contributed by atoms with Crippen molar-refractivity contribution < 1.29 is 19.1 Å². The van der Waals surface area contributed by atoms with Gasteiger partial charge in [0.15, 0.2) is 11.5 Å². The summed E-state index contributed by atoms with van der Waals surface area (Å²) in [6.45, 7) is 4.63. The van der Waals surface area contributed by atoms with E-state index in [1.54, 1.807) is 13.2 Å². The lowest BCUT2D eigenvalue weighted by Crippen LogP contribution is -2.47. The Kier molecular flexibility index (Phi) is 6.04. The van der Waals surface area contributed by atoms with Crippen molar-refractivity contribution >= 4 is 17.6 Å². The van der Waals surface area contributed by atoms with E-state index >= 15 is 0 Å². The number of rotatable bonds is 4. The van der Waals surface area contributed by atoms with Gasteiger partial charge >= 0.3 is 5.97 Å². The van der Waals surface area contributed by atoms with E-state index in [4.69, 9.17) is 9.47 Å². The van der Waals surface area contributed by atoms with Crippen molar-refractivity contribution in [3.63, 3.8) is 0 Å². The zero-order valence-corrected chi connectivity index (χ0v) is 19.9. The van der Waals surface area contributed by atoms with Crippen LogP contribution in [0.15, 0.2) is 48.6 Å². The van der Waals surface area contributed by atoms with Gasteiger partial charge in [0, 0.05) is 39.0 Å². The largest absolute Gasteiger partial charge is 0.493 e. The smallest absolute Gasteiger partial charge is 0.308 e. The number of fused-ring (bicyclic) bond motifs is 3. The van der Waals surface area contributed by atoms with Crippen molar-refractivity contribution in [2.24, 2.45) is 5.92 Å². The maximum atomic E-state index is 13.5. The molecular weight excluding hydrogens is 430 g/mol. The van der Waals surface area contributed by atoms with Gasteiger partial charge in [-0.1, -0.05) is 30.4 Å². The predicted molar refractivity (Wildman–Crippen MR) is 130 cm³/mol. The molecule has 1 N–H and O–H groups in total. The summed E-state index contributed by atoms with van der Waals surface area (Å²) in [5, 5.41) is 3.73. The molecule has 3 unspecified atom stereocenters. The van der Waals surface area contributed by atoms with E-state index < -0.39 is 0 Å². The number of carbonyl (C=O) groups excluding carboxylic acids is 2. The summed E-state index contributed by atoms with van der Waals surface area (Å²) in [5.41, 5.74) is 3.87. The van der Waals surface area contributed by atoms with Gasteiger partial charge in [0.2, 0.25) is 0 Å². The minimum atomic E-state index is -0.386. The van der Waals surface area contributed by atoms with Crippen LogP contribution in [-0.2, 0) is 4.79 Å². The zero-order chi connectivity index (χ0) is 23.8. The molecule has 34 heavy (non-hydrogen) atoms. The number of anilines is 1. The third-order valence-corrected chi connectivity index (χ3v) is 7.22. The summed E-state index contributed by atoms with van der Waals surface area (Å²) in [6, 6.07) is 11.8. The van der Waals surface area contributed by atoms with Gasteiger partial charge in [-0.05, 0) is 48.7 Å². The highest BCUT2D eigenvalue weighted by molar-refractivity contribution is 6.01. The Labute approximate surface area is 200 Å². The molecule has 5 rings (SSSR count). The van der Waals surface area contributed by atoms with Crippen LogP contribution in [0.3, 0.4) is 0 Å². The number of hydrogen-bond donors (Lipinski definition) is 1. The summed E-state index contributed by atoms with van der Waals surface area (Å²) in [7, 11) is 3.66. The van der Waals surface area contributed by atoms with Gasteiger partial charge in [0.05, 0.1) is 24.4 Å². The quantitative estimate of drug-likeness (QED) is 0.424. The molecule has 178 valence electrons. The third-order valence-electron chi connectivity index (χ3n) is 7.22. The van der Waals surface area contributed by atoms with Crippen LogP contribution < -0.4 is 14.8 Å². The van der Waals surface area contributed by atoms with E-state index in [9.17, 15) is 9.59 Å². The highest BCUT2D eigenvalue weighted by atomic mass is 16.6. The molecule has 0 spiro atoms. The number of amides is 1. The Bertz CT molecular complexity index is 1140. The molecule has 1 saturated heterocycles. The van der Waals surface area contributed by atoms with Crippen molar-refractivity contribution in [1.82, 2.24) is 9.80 Å². The maximum Gasteiger partial charge on any atom is 0.308 e. The molecule has 2 aliphatic heterocycles. The Morgan fingerprint density at radius 2 is 1.85 bits per heavy atom. The second kappa shape index (κ2) is 9.14. The van der Waals surface area contributed by atoms with Crippen molar-refractivity contribution in [2.75, 3.05) is 45.7 Å². The van der Waals surface area contributed by atoms with E-state index in [1.165, 1.54) is 12.5 Å². The highest BCUT2D eigenvalue weighted by Gasteiger charge is 2.40.